The lowest BCUT2D eigenvalue weighted by Gasteiger charge is -2.23. The maximum atomic E-state index is 13.1. The molecule has 33 heavy (non-hydrogen) atoms. The highest BCUT2D eigenvalue weighted by atomic mass is 35.5. The van der Waals surface area contributed by atoms with Crippen LogP contribution < -0.4 is 10.5 Å². The zero-order valence-electron chi connectivity index (χ0n) is 18.3. The SMILES string of the molecule is Cc1ccc(-n2nc(N3CCCN(C(=O)c4cc5cc(Cl)ccc5[nH]4)CC3)ccc2=O)cc1. The molecule has 2 aromatic carbocycles. The Morgan fingerprint density at radius 2 is 1.79 bits per heavy atom. The quantitative estimate of drug-likeness (QED) is 0.500. The van der Waals surface area contributed by atoms with Crippen LogP contribution in [0.25, 0.3) is 16.6 Å². The molecule has 1 aliphatic rings. The zero-order valence-corrected chi connectivity index (χ0v) is 19.0. The van der Waals surface area contributed by atoms with E-state index in [2.05, 4.69) is 15.0 Å². The predicted molar refractivity (Wildman–Crippen MR) is 131 cm³/mol. The number of carbonyl (C=O) groups is 1. The first kappa shape index (κ1) is 21.3. The van der Waals surface area contributed by atoms with Crippen LogP contribution in [0.5, 0.6) is 0 Å². The number of nitrogens with one attached hydrogen (secondary N) is 1. The Bertz CT molecular complexity index is 1380. The molecule has 0 aliphatic carbocycles. The van der Waals surface area contributed by atoms with Crippen LogP contribution in [-0.2, 0) is 0 Å². The molecule has 0 bridgehead atoms. The maximum Gasteiger partial charge on any atom is 0.271 e. The fourth-order valence-electron chi connectivity index (χ4n) is 4.18. The third-order valence-corrected chi connectivity index (χ3v) is 6.22. The van der Waals surface area contributed by atoms with Crippen LogP contribution in [0.15, 0.2) is 65.5 Å². The van der Waals surface area contributed by atoms with E-state index in [1.54, 1.807) is 12.1 Å². The van der Waals surface area contributed by atoms with E-state index in [4.69, 9.17) is 11.6 Å². The van der Waals surface area contributed by atoms with E-state index in [-0.39, 0.29) is 11.5 Å². The fraction of sp³-hybridized carbons (Fsp3) is 0.240. The summed E-state index contributed by atoms with van der Waals surface area (Å²) >= 11 is 6.08. The first-order valence-electron chi connectivity index (χ1n) is 11.0. The van der Waals surface area contributed by atoms with E-state index in [1.165, 1.54) is 4.68 Å². The van der Waals surface area contributed by atoms with Crippen LogP contribution in [-0.4, -0.2) is 51.8 Å². The molecule has 5 rings (SSSR count). The van der Waals surface area contributed by atoms with Crippen molar-refractivity contribution in [2.45, 2.75) is 13.3 Å². The van der Waals surface area contributed by atoms with Gasteiger partial charge in [-0.2, -0.15) is 4.68 Å². The minimum absolute atomic E-state index is 0.0262. The summed E-state index contributed by atoms with van der Waals surface area (Å²) in [4.78, 5) is 32.8. The van der Waals surface area contributed by atoms with Crippen molar-refractivity contribution in [1.82, 2.24) is 19.7 Å². The van der Waals surface area contributed by atoms with Crippen LogP contribution in [0.4, 0.5) is 5.82 Å². The number of aromatic nitrogens is 3. The molecule has 2 aromatic heterocycles. The van der Waals surface area contributed by atoms with E-state index in [0.29, 0.717) is 30.4 Å². The van der Waals surface area contributed by atoms with Crippen LogP contribution in [0.3, 0.4) is 0 Å². The fourth-order valence-corrected chi connectivity index (χ4v) is 4.36. The molecular weight excluding hydrogens is 438 g/mol. The molecular formula is C25H24ClN5O2. The molecule has 0 atom stereocenters. The van der Waals surface area contributed by atoms with Crippen LogP contribution in [0.1, 0.15) is 22.5 Å². The van der Waals surface area contributed by atoms with Crippen molar-refractivity contribution >= 4 is 34.2 Å². The number of amides is 1. The van der Waals surface area contributed by atoms with Crippen LogP contribution in [0, 0.1) is 6.92 Å². The van der Waals surface area contributed by atoms with Crippen molar-refractivity contribution in [2.75, 3.05) is 31.1 Å². The summed E-state index contributed by atoms with van der Waals surface area (Å²) < 4.78 is 1.43. The molecule has 0 saturated carbocycles. The molecule has 7 nitrogen and oxygen atoms in total. The number of rotatable bonds is 3. The van der Waals surface area contributed by atoms with Gasteiger partial charge >= 0.3 is 0 Å². The summed E-state index contributed by atoms with van der Waals surface area (Å²) in [6.07, 6.45) is 0.809. The largest absolute Gasteiger partial charge is 0.353 e. The maximum absolute atomic E-state index is 13.1. The van der Waals surface area contributed by atoms with Crippen molar-refractivity contribution in [3.8, 4) is 5.69 Å². The summed E-state index contributed by atoms with van der Waals surface area (Å²) in [6, 6.07) is 18.4. The number of aryl methyl sites for hydroxylation is 1. The molecule has 0 radical (unpaired) electrons. The minimum atomic E-state index is -0.173. The number of hydrogen-bond acceptors (Lipinski definition) is 4. The van der Waals surface area contributed by atoms with Crippen LogP contribution in [0.2, 0.25) is 5.02 Å². The molecule has 1 saturated heterocycles. The highest BCUT2D eigenvalue weighted by molar-refractivity contribution is 6.31. The first-order valence-corrected chi connectivity index (χ1v) is 11.4. The van der Waals surface area contributed by atoms with Gasteiger partial charge in [0.15, 0.2) is 0 Å². The Kier molecular flexibility index (Phi) is 5.64. The molecule has 1 aliphatic heterocycles. The third-order valence-electron chi connectivity index (χ3n) is 5.99. The van der Waals surface area contributed by atoms with Gasteiger partial charge in [0, 0.05) is 48.2 Å². The Labute approximate surface area is 196 Å². The van der Waals surface area contributed by atoms with E-state index in [9.17, 15) is 9.59 Å². The van der Waals surface area contributed by atoms with Gasteiger partial charge in [0.05, 0.1) is 5.69 Å². The number of aromatic amines is 1. The van der Waals surface area contributed by atoms with Crippen molar-refractivity contribution in [2.24, 2.45) is 0 Å². The number of fused-ring (bicyclic) bond motifs is 1. The number of halogens is 1. The number of nitrogens with zero attached hydrogens (tertiary/aromatic N) is 4. The van der Waals surface area contributed by atoms with Gasteiger partial charge in [0.2, 0.25) is 0 Å². The van der Waals surface area contributed by atoms with Crippen molar-refractivity contribution in [3.05, 3.63) is 87.3 Å². The van der Waals surface area contributed by atoms with Gasteiger partial charge in [0.1, 0.15) is 11.5 Å². The molecule has 168 valence electrons. The summed E-state index contributed by atoms with van der Waals surface area (Å²) in [5.74, 6) is 0.700. The second kappa shape index (κ2) is 8.75. The Morgan fingerprint density at radius 1 is 0.970 bits per heavy atom. The highest BCUT2D eigenvalue weighted by Crippen LogP contribution is 2.22. The summed E-state index contributed by atoms with van der Waals surface area (Å²) in [7, 11) is 0. The molecule has 1 fully saturated rings. The van der Waals surface area contributed by atoms with Gasteiger partial charge in [-0.15, -0.1) is 5.10 Å². The van der Waals surface area contributed by atoms with Gasteiger partial charge in [-0.25, -0.2) is 0 Å². The first-order chi connectivity index (χ1) is 16.0. The molecule has 1 amide bonds. The molecule has 0 spiro atoms. The van der Waals surface area contributed by atoms with Crippen molar-refractivity contribution < 1.29 is 4.79 Å². The van der Waals surface area contributed by atoms with Crippen molar-refractivity contribution in [1.29, 1.82) is 0 Å². The Hall–Kier alpha value is -3.58. The summed E-state index contributed by atoms with van der Waals surface area (Å²) in [6.45, 7) is 4.62. The average Bonchev–Trinajstić information content (AvgIpc) is 3.07. The lowest BCUT2D eigenvalue weighted by molar-refractivity contribution is 0.0762. The second-order valence-corrected chi connectivity index (χ2v) is 8.76. The zero-order chi connectivity index (χ0) is 22.9. The van der Waals surface area contributed by atoms with E-state index >= 15 is 0 Å². The topological polar surface area (TPSA) is 74.2 Å². The number of benzene rings is 2. The molecule has 4 aromatic rings. The summed E-state index contributed by atoms with van der Waals surface area (Å²) in [5, 5.41) is 6.18. The molecule has 3 heterocycles. The third kappa shape index (κ3) is 4.36. The van der Waals surface area contributed by atoms with E-state index in [0.717, 1.165) is 40.9 Å². The normalized spacial score (nSPS) is 14.5. The van der Waals surface area contributed by atoms with Gasteiger partial charge in [0.25, 0.3) is 11.5 Å². The molecule has 8 heteroatoms. The Morgan fingerprint density at radius 3 is 2.61 bits per heavy atom. The second-order valence-electron chi connectivity index (χ2n) is 8.32. The lowest BCUT2D eigenvalue weighted by Crippen LogP contribution is -2.36. The highest BCUT2D eigenvalue weighted by Gasteiger charge is 2.22. The van der Waals surface area contributed by atoms with Crippen LogP contribution >= 0.6 is 11.6 Å². The van der Waals surface area contributed by atoms with Gasteiger partial charge < -0.3 is 14.8 Å². The number of carbonyl (C=O) groups excluding carboxylic acids is 1. The summed E-state index contributed by atoms with van der Waals surface area (Å²) in [5.41, 5.74) is 3.14. The van der Waals surface area contributed by atoms with Gasteiger partial charge in [-0.1, -0.05) is 29.3 Å². The lowest BCUT2D eigenvalue weighted by atomic mass is 10.2. The number of H-pyrrole nitrogens is 1. The number of anilines is 1. The van der Waals surface area contributed by atoms with Crippen molar-refractivity contribution in [3.63, 3.8) is 0 Å². The Balaban J connectivity index is 1.34. The predicted octanol–water partition coefficient (Wildman–Crippen LogP) is 4.03. The minimum Gasteiger partial charge on any atom is -0.353 e. The molecule has 1 N–H and O–H groups in total. The van der Waals surface area contributed by atoms with E-state index in [1.807, 2.05) is 60.4 Å². The van der Waals surface area contributed by atoms with Gasteiger partial charge in [-0.05, 0) is 55.8 Å². The average molecular weight is 462 g/mol. The smallest absolute Gasteiger partial charge is 0.271 e. The monoisotopic (exact) mass is 461 g/mol. The standard InChI is InChI=1S/C25H24ClN5O2/c1-17-3-6-20(7-4-17)31-24(32)10-9-23(28-31)29-11-2-12-30(14-13-29)25(33)22-16-18-15-19(26)5-8-21(18)27-22/h3-10,15-16,27H,2,11-14H2,1H3. The number of hydrogen-bond donors (Lipinski definition) is 1. The van der Waals surface area contributed by atoms with Gasteiger partial charge in [-0.3, -0.25) is 9.59 Å². The van der Waals surface area contributed by atoms with E-state index < -0.39 is 0 Å². The molecule has 0 unspecified atom stereocenters.